The molecule has 6 heteroatoms. The van der Waals surface area contributed by atoms with Gasteiger partial charge in [0.15, 0.2) is 0 Å². The number of hydrogen-bond acceptors (Lipinski definition) is 3. The number of unbranched alkanes of at least 4 members (excludes halogenated alkanes) is 2. The molecule has 27 heavy (non-hydrogen) atoms. The van der Waals surface area contributed by atoms with E-state index in [1.807, 2.05) is 12.1 Å². The number of para-hydroxylation sites is 1. The van der Waals surface area contributed by atoms with Crippen molar-refractivity contribution in [3.8, 4) is 5.75 Å². The third kappa shape index (κ3) is 4.06. The number of anilines is 1. The van der Waals surface area contributed by atoms with Crippen molar-refractivity contribution in [3.63, 3.8) is 0 Å². The van der Waals surface area contributed by atoms with Crippen LogP contribution >= 0.6 is 15.9 Å². The highest BCUT2D eigenvalue weighted by Gasteiger charge is 2.22. The normalized spacial score (nSPS) is 10.9. The van der Waals surface area contributed by atoms with Crippen LogP contribution in [0.2, 0.25) is 0 Å². The number of nitrogens with one attached hydrogen (secondary N) is 1. The summed E-state index contributed by atoms with van der Waals surface area (Å²) in [6.07, 6.45) is 2.85. The second-order valence-electron chi connectivity index (χ2n) is 6.37. The summed E-state index contributed by atoms with van der Waals surface area (Å²) in [7, 11) is 0. The number of nitrogens with zero attached hydrogens (tertiary/aromatic N) is 1. The van der Waals surface area contributed by atoms with Gasteiger partial charge in [0, 0.05) is 22.1 Å². The molecular formula is C21H21BrN2O3. The number of rotatable bonds is 6. The monoisotopic (exact) mass is 428 g/mol. The Morgan fingerprint density at radius 1 is 1.15 bits per heavy atom. The molecule has 0 spiro atoms. The molecule has 0 saturated heterocycles. The van der Waals surface area contributed by atoms with E-state index in [0.717, 1.165) is 23.7 Å². The van der Waals surface area contributed by atoms with Gasteiger partial charge in [-0.2, -0.15) is 0 Å². The van der Waals surface area contributed by atoms with Crippen LogP contribution in [-0.2, 0) is 6.54 Å². The highest BCUT2D eigenvalue weighted by molar-refractivity contribution is 9.10. The van der Waals surface area contributed by atoms with E-state index in [2.05, 4.69) is 28.2 Å². The number of carbonyl (C=O) groups excluding carboxylic acids is 1. The van der Waals surface area contributed by atoms with Crippen LogP contribution in [0.5, 0.6) is 5.75 Å². The number of hydrogen-bond donors (Lipinski definition) is 2. The zero-order valence-electron chi connectivity index (χ0n) is 15.0. The maximum absolute atomic E-state index is 13.0. The Balaban J connectivity index is 2.08. The average molecular weight is 429 g/mol. The highest BCUT2D eigenvalue weighted by atomic mass is 79.9. The summed E-state index contributed by atoms with van der Waals surface area (Å²) >= 11 is 3.35. The minimum absolute atomic E-state index is 0.231. The first-order valence-electron chi connectivity index (χ1n) is 8.94. The second-order valence-corrected chi connectivity index (χ2v) is 7.28. The molecule has 1 aromatic heterocycles. The van der Waals surface area contributed by atoms with Crippen LogP contribution in [0.1, 0.15) is 36.5 Å². The van der Waals surface area contributed by atoms with Gasteiger partial charge >= 0.3 is 0 Å². The van der Waals surface area contributed by atoms with E-state index in [1.54, 1.807) is 41.0 Å². The molecule has 3 aromatic rings. The molecule has 0 atom stereocenters. The van der Waals surface area contributed by atoms with Crippen LogP contribution in [0.3, 0.4) is 0 Å². The van der Waals surface area contributed by atoms with E-state index < -0.39 is 11.5 Å². The Bertz CT molecular complexity index is 1040. The zero-order valence-corrected chi connectivity index (χ0v) is 16.6. The van der Waals surface area contributed by atoms with Crippen molar-refractivity contribution in [2.75, 3.05) is 5.32 Å². The Morgan fingerprint density at radius 3 is 2.67 bits per heavy atom. The third-order valence-corrected chi connectivity index (χ3v) is 4.93. The molecule has 3 rings (SSSR count). The van der Waals surface area contributed by atoms with Crippen LogP contribution in [0, 0.1) is 0 Å². The Kier molecular flexibility index (Phi) is 5.96. The lowest BCUT2D eigenvalue weighted by molar-refractivity contribution is 0.102. The maximum atomic E-state index is 13.0. The van der Waals surface area contributed by atoms with Gasteiger partial charge in [0.1, 0.15) is 11.3 Å². The van der Waals surface area contributed by atoms with Crippen LogP contribution in [0.4, 0.5) is 5.69 Å². The van der Waals surface area contributed by atoms with Crippen LogP contribution in [0.25, 0.3) is 10.9 Å². The van der Waals surface area contributed by atoms with Crippen molar-refractivity contribution in [2.45, 2.75) is 32.7 Å². The fraction of sp³-hybridized carbons (Fsp3) is 0.238. The van der Waals surface area contributed by atoms with E-state index in [-0.39, 0.29) is 11.3 Å². The quantitative estimate of drug-likeness (QED) is 0.547. The molecule has 2 N–H and O–H groups in total. The molecule has 2 aromatic carbocycles. The predicted octanol–water partition coefficient (Wildman–Crippen LogP) is 4.91. The van der Waals surface area contributed by atoms with Gasteiger partial charge in [0.05, 0.1) is 5.52 Å². The number of aromatic hydroxyl groups is 1. The number of aromatic nitrogens is 1. The Hall–Kier alpha value is -2.60. The molecule has 0 unspecified atom stereocenters. The molecule has 1 heterocycles. The zero-order chi connectivity index (χ0) is 19.4. The number of fused-ring (bicyclic) bond motifs is 1. The fourth-order valence-electron chi connectivity index (χ4n) is 3.10. The number of aryl methyl sites for hydroxylation is 1. The first-order valence-corrected chi connectivity index (χ1v) is 9.73. The first kappa shape index (κ1) is 19.2. The fourth-order valence-corrected chi connectivity index (χ4v) is 3.50. The minimum atomic E-state index is -0.620. The molecule has 0 aliphatic heterocycles. The number of carbonyl (C=O) groups is 1. The number of halogens is 1. The summed E-state index contributed by atoms with van der Waals surface area (Å²) in [5.74, 6) is -0.902. The van der Waals surface area contributed by atoms with Gasteiger partial charge in [0.25, 0.3) is 11.5 Å². The largest absolute Gasteiger partial charge is 0.506 e. The topological polar surface area (TPSA) is 71.3 Å². The summed E-state index contributed by atoms with van der Waals surface area (Å²) in [6.45, 7) is 2.60. The molecule has 0 aliphatic carbocycles. The van der Waals surface area contributed by atoms with Gasteiger partial charge in [-0.1, -0.05) is 53.9 Å². The Labute approximate surface area is 165 Å². The predicted molar refractivity (Wildman–Crippen MR) is 111 cm³/mol. The van der Waals surface area contributed by atoms with Crippen molar-refractivity contribution in [1.82, 2.24) is 4.57 Å². The third-order valence-electron chi connectivity index (χ3n) is 4.44. The first-order chi connectivity index (χ1) is 13.0. The molecule has 0 fully saturated rings. The van der Waals surface area contributed by atoms with Crippen LogP contribution in [0.15, 0.2) is 57.8 Å². The van der Waals surface area contributed by atoms with E-state index in [9.17, 15) is 14.7 Å². The van der Waals surface area contributed by atoms with E-state index in [0.29, 0.717) is 23.1 Å². The SMILES string of the molecule is CCCCCn1c(=O)c(C(=O)Nc2cccc(Br)c2)c(O)c2ccccc21. The number of pyridine rings is 1. The van der Waals surface area contributed by atoms with Crippen molar-refractivity contribution in [1.29, 1.82) is 0 Å². The average Bonchev–Trinajstić information content (AvgIpc) is 2.64. The number of amides is 1. The van der Waals surface area contributed by atoms with Gasteiger partial charge in [-0.15, -0.1) is 0 Å². The minimum Gasteiger partial charge on any atom is -0.506 e. The highest BCUT2D eigenvalue weighted by Crippen LogP contribution is 2.27. The van der Waals surface area contributed by atoms with Crippen molar-refractivity contribution in [3.05, 3.63) is 68.9 Å². The molecule has 5 nitrogen and oxygen atoms in total. The lowest BCUT2D eigenvalue weighted by Crippen LogP contribution is -2.30. The summed E-state index contributed by atoms with van der Waals surface area (Å²) in [6, 6.07) is 14.2. The maximum Gasteiger partial charge on any atom is 0.267 e. The summed E-state index contributed by atoms with van der Waals surface area (Å²) in [5.41, 5.74) is 0.467. The van der Waals surface area contributed by atoms with Crippen molar-refractivity contribution in [2.24, 2.45) is 0 Å². The lowest BCUT2D eigenvalue weighted by Gasteiger charge is -2.15. The standard InChI is InChI=1S/C21H21BrN2O3/c1-2-3-6-12-24-17-11-5-4-10-16(17)19(25)18(21(24)27)20(26)23-15-9-7-8-14(22)13-15/h4-5,7-11,13,25H,2-3,6,12H2,1H3,(H,23,26). The van der Waals surface area contributed by atoms with E-state index in [1.165, 1.54) is 0 Å². The molecular weight excluding hydrogens is 408 g/mol. The molecule has 1 amide bonds. The summed E-state index contributed by atoms with van der Waals surface area (Å²) in [4.78, 5) is 25.8. The Morgan fingerprint density at radius 2 is 1.93 bits per heavy atom. The molecule has 0 bridgehead atoms. The second kappa shape index (κ2) is 8.39. The van der Waals surface area contributed by atoms with E-state index in [4.69, 9.17) is 0 Å². The van der Waals surface area contributed by atoms with Gasteiger partial charge in [-0.25, -0.2) is 0 Å². The van der Waals surface area contributed by atoms with Gasteiger partial charge in [0.2, 0.25) is 0 Å². The number of benzene rings is 2. The van der Waals surface area contributed by atoms with Crippen molar-refractivity contribution >= 4 is 38.4 Å². The smallest absolute Gasteiger partial charge is 0.267 e. The molecule has 0 aliphatic rings. The molecule has 0 saturated carbocycles. The van der Waals surface area contributed by atoms with Gasteiger partial charge < -0.3 is 15.0 Å². The summed E-state index contributed by atoms with van der Waals surface area (Å²) < 4.78 is 2.39. The van der Waals surface area contributed by atoms with E-state index >= 15 is 0 Å². The molecule has 0 radical (unpaired) electrons. The van der Waals surface area contributed by atoms with Crippen LogP contribution in [-0.4, -0.2) is 15.6 Å². The molecule has 140 valence electrons. The van der Waals surface area contributed by atoms with Gasteiger partial charge in [-0.3, -0.25) is 9.59 Å². The van der Waals surface area contributed by atoms with Crippen molar-refractivity contribution < 1.29 is 9.90 Å². The van der Waals surface area contributed by atoms with Crippen LogP contribution < -0.4 is 10.9 Å². The lowest BCUT2D eigenvalue weighted by atomic mass is 10.1. The van der Waals surface area contributed by atoms with Gasteiger partial charge in [-0.05, 0) is 36.8 Å². The summed E-state index contributed by atoms with van der Waals surface area (Å²) in [5, 5.41) is 13.8.